The molecule has 0 N–H and O–H groups in total. The Bertz CT molecular complexity index is 1070. The molecule has 0 amide bonds. The summed E-state index contributed by atoms with van der Waals surface area (Å²) in [6, 6.07) is 27.1. The summed E-state index contributed by atoms with van der Waals surface area (Å²) in [5, 5.41) is 8.86. The number of rotatable bonds is 10. The first kappa shape index (κ1) is 33.0. The third-order valence-corrected chi connectivity index (χ3v) is 12.4. The van der Waals surface area contributed by atoms with Gasteiger partial charge in [0.05, 0.1) is 0 Å². The number of hydrogen-bond donors (Lipinski definition) is 0. The van der Waals surface area contributed by atoms with Gasteiger partial charge in [-0.1, -0.05) is 82.4 Å². The van der Waals surface area contributed by atoms with Crippen LogP contribution in [0.2, 0.25) is 0 Å². The third-order valence-electron chi connectivity index (χ3n) is 6.09. The quantitative estimate of drug-likeness (QED) is 0.0954. The SMILES string of the molecule is CC(C)CP(CC(C)C)c1cc2ccccc2[cH-]1.CCCP(CCC)c1cc2ccccc2[cH-]1.[Cl][Ti][Cl]. The molecule has 202 valence electrons. The summed E-state index contributed by atoms with van der Waals surface area (Å²) in [5.74, 6) is 1.60. The fraction of sp³-hybridized carbons (Fsp3) is 0.438. The molecular formula is C32H44Cl2P2Ti-2. The van der Waals surface area contributed by atoms with Crippen molar-refractivity contribution in [3.63, 3.8) is 0 Å². The van der Waals surface area contributed by atoms with Gasteiger partial charge in [0, 0.05) is 0 Å². The summed E-state index contributed by atoms with van der Waals surface area (Å²) in [7, 11) is 9.89. The minimum atomic E-state index is -0.556. The van der Waals surface area contributed by atoms with Crippen LogP contribution in [0, 0.1) is 11.8 Å². The maximum absolute atomic E-state index is 4.89. The van der Waals surface area contributed by atoms with E-state index in [-0.39, 0.29) is 15.8 Å². The first-order valence-electron chi connectivity index (χ1n) is 13.6. The van der Waals surface area contributed by atoms with E-state index in [4.69, 9.17) is 18.6 Å². The van der Waals surface area contributed by atoms with Crippen LogP contribution < -0.4 is 10.6 Å². The van der Waals surface area contributed by atoms with E-state index in [0.29, 0.717) is 0 Å². The van der Waals surface area contributed by atoms with Gasteiger partial charge in [-0.2, -0.15) is 12.1 Å². The molecule has 0 saturated heterocycles. The Kier molecular flexibility index (Phi) is 16.3. The molecule has 0 nitrogen and oxygen atoms in total. The fourth-order valence-corrected chi connectivity index (χ4v) is 10.2. The van der Waals surface area contributed by atoms with Gasteiger partial charge in [-0.05, 0) is 36.5 Å². The van der Waals surface area contributed by atoms with Crippen molar-refractivity contribution in [3.8, 4) is 0 Å². The molecule has 4 aromatic rings. The van der Waals surface area contributed by atoms with Gasteiger partial charge >= 0.3 is 35.6 Å². The van der Waals surface area contributed by atoms with E-state index in [1.807, 2.05) is 0 Å². The van der Waals surface area contributed by atoms with Gasteiger partial charge in [0.15, 0.2) is 0 Å². The molecule has 0 aliphatic carbocycles. The zero-order valence-electron chi connectivity index (χ0n) is 23.5. The molecular weight excluding hydrogens is 565 g/mol. The summed E-state index contributed by atoms with van der Waals surface area (Å²) < 4.78 is 0. The van der Waals surface area contributed by atoms with Crippen molar-refractivity contribution in [2.45, 2.75) is 54.4 Å². The number of benzene rings is 2. The predicted octanol–water partition coefficient (Wildman–Crippen LogP) is 10.8. The Balaban J connectivity index is 0.000000237. The van der Waals surface area contributed by atoms with Gasteiger partial charge in [-0.25, -0.2) is 0 Å². The van der Waals surface area contributed by atoms with Crippen molar-refractivity contribution in [1.29, 1.82) is 0 Å². The van der Waals surface area contributed by atoms with Crippen LogP contribution in [0.15, 0.2) is 72.8 Å². The number of halogens is 2. The summed E-state index contributed by atoms with van der Waals surface area (Å²) in [4.78, 5) is 0. The molecule has 5 heteroatoms. The third kappa shape index (κ3) is 11.4. The molecule has 0 bridgehead atoms. The average molecular weight is 609 g/mol. The standard InChI is InChI=1S/C17H24P.C15H20P.2ClH.Ti/c1-13(2)11-18(12-14(3)4)17-9-15-7-5-6-8-16(15)10-17;1-3-9-16(10-4-2)15-11-13-7-5-6-8-14(13)12-15;;;/h5-10,13-14H,11-12H2,1-4H3;5-8,11-12H,3-4,9-10H2,1-2H3;2*1H;/q2*-1;;;+2/p-2. The van der Waals surface area contributed by atoms with E-state index in [2.05, 4.69) is 114 Å². The van der Waals surface area contributed by atoms with Crippen molar-refractivity contribution in [2.24, 2.45) is 11.8 Å². The fourth-order valence-electron chi connectivity index (χ4n) is 4.71. The number of hydrogen-bond acceptors (Lipinski definition) is 0. The summed E-state index contributed by atoms with van der Waals surface area (Å²) in [6.45, 7) is 14.0. The Morgan fingerprint density at radius 2 is 1.05 bits per heavy atom. The predicted molar refractivity (Wildman–Crippen MR) is 174 cm³/mol. The van der Waals surface area contributed by atoms with Crippen LogP contribution in [0.25, 0.3) is 21.5 Å². The van der Waals surface area contributed by atoms with E-state index in [9.17, 15) is 0 Å². The molecule has 0 atom stereocenters. The molecule has 0 saturated carbocycles. The molecule has 0 aromatic heterocycles. The number of fused-ring (bicyclic) bond motifs is 2. The second-order valence-electron chi connectivity index (χ2n) is 10.4. The van der Waals surface area contributed by atoms with Gasteiger partial charge in [0.2, 0.25) is 0 Å². The van der Waals surface area contributed by atoms with Crippen molar-refractivity contribution in [3.05, 3.63) is 72.8 Å². The monoisotopic (exact) mass is 608 g/mol. The van der Waals surface area contributed by atoms with Gasteiger partial charge in [-0.3, -0.25) is 0 Å². The molecule has 0 fully saturated rings. The van der Waals surface area contributed by atoms with Gasteiger partial charge in [-0.15, -0.1) is 80.7 Å². The first-order valence-corrected chi connectivity index (χ1v) is 21.3. The Morgan fingerprint density at radius 1 is 0.676 bits per heavy atom. The van der Waals surface area contributed by atoms with Crippen LogP contribution in [-0.4, -0.2) is 24.6 Å². The molecule has 0 aliphatic rings. The topological polar surface area (TPSA) is 0 Å². The van der Waals surface area contributed by atoms with Gasteiger partial charge in [0.25, 0.3) is 0 Å². The van der Waals surface area contributed by atoms with E-state index < -0.39 is 17.0 Å². The van der Waals surface area contributed by atoms with Crippen LogP contribution >= 0.6 is 34.5 Å². The first-order chi connectivity index (χ1) is 17.8. The molecule has 0 radical (unpaired) electrons. The van der Waals surface area contributed by atoms with Gasteiger partial charge < -0.3 is 0 Å². The summed E-state index contributed by atoms with van der Waals surface area (Å²) in [5.41, 5.74) is 0. The van der Waals surface area contributed by atoms with Crippen molar-refractivity contribution in [1.82, 2.24) is 0 Å². The molecule has 0 heterocycles. The second-order valence-corrected chi connectivity index (χ2v) is 17.8. The summed E-state index contributed by atoms with van der Waals surface area (Å²) in [6.07, 6.45) is 8.13. The Hall–Kier alpha value is -0.186. The molecule has 0 spiro atoms. The van der Waals surface area contributed by atoms with Crippen molar-refractivity contribution >= 4 is 66.6 Å². The van der Waals surface area contributed by atoms with E-state index in [1.54, 1.807) is 10.6 Å². The Morgan fingerprint density at radius 3 is 1.41 bits per heavy atom. The van der Waals surface area contributed by atoms with Crippen LogP contribution in [0.5, 0.6) is 0 Å². The van der Waals surface area contributed by atoms with Crippen molar-refractivity contribution in [2.75, 3.05) is 24.6 Å². The molecule has 0 unspecified atom stereocenters. The van der Waals surface area contributed by atoms with Crippen LogP contribution in [0.4, 0.5) is 0 Å². The summed E-state index contributed by atoms with van der Waals surface area (Å²) >= 11 is -0.556. The van der Waals surface area contributed by atoms with Crippen LogP contribution in [-0.2, 0) is 17.0 Å². The molecule has 4 rings (SSSR count). The van der Waals surface area contributed by atoms with Crippen LogP contribution in [0.1, 0.15) is 54.4 Å². The Labute approximate surface area is 245 Å². The average Bonchev–Trinajstić information content (AvgIpc) is 3.48. The van der Waals surface area contributed by atoms with E-state index >= 15 is 0 Å². The zero-order valence-corrected chi connectivity index (χ0v) is 28.3. The normalized spacial score (nSPS) is 11.2. The molecule has 37 heavy (non-hydrogen) atoms. The van der Waals surface area contributed by atoms with Crippen LogP contribution in [0.3, 0.4) is 0 Å². The molecule has 0 aliphatic heterocycles. The zero-order chi connectivity index (χ0) is 27.2. The minimum absolute atomic E-state index is 0.0185. The molecule has 4 aromatic carbocycles. The second kappa shape index (κ2) is 18.2. The van der Waals surface area contributed by atoms with E-state index in [0.717, 1.165) is 11.8 Å². The van der Waals surface area contributed by atoms with Gasteiger partial charge in [0.1, 0.15) is 0 Å². The van der Waals surface area contributed by atoms with E-state index in [1.165, 1.54) is 59.0 Å². The maximum atomic E-state index is 4.89. The van der Waals surface area contributed by atoms with Crippen molar-refractivity contribution < 1.29 is 17.0 Å².